The Kier molecular flexibility index (Phi) is 8.15. The quantitative estimate of drug-likeness (QED) is 0.176. The van der Waals surface area contributed by atoms with E-state index in [1.54, 1.807) is 39.0 Å². The number of rotatable bonds is 8. The fourth-order valence-electron chi connectivity index (χ4n) is 4.62. The average Bonchev–Trinajstić information content (AvgIpc) is 3.33. The van der Waals surface area contributed by atoms with E-state index < -0.39 is 18.0 Å². The third-order valence-corrected chi connectivity index (χ3v) is 6.67. The average molecular weight is 525 g/mol. The topological polar surface area (TPSA) is 78.9 Å². The molecule has 0 N–H and O–H groups in total. The summed E-state index contributed by atoms with van der Waals surface area (Å²) in [6, 6.07) is 17.3. The summed E-state index contributed by atoms with van der Waals surface area (Å²) in [5, 5.41) is 0. The fourth-order valence-corrected chi connectivity index (χ4v) is 4.62. The molecule has 0 saturated carbocycles. The molecule has 0 aliphatic heterocycles. The van der Waals surface area contributed by atoms with Crippen molar-refractivity contribution in [1.29, 1.82) is 0 Å². The van der Waals surface area contributed by atoms with Crippen LogP contribution < -0.4 is 9.47 Å². The summed E-state index contributed by atoms with van der Waals surface area (Å²) in [4.78, 5) is 36.2. The molecule has 0 amide bonds. The third-order valence-electron chi connectivity index (χ3n) is 6.67. The summed E-state index contributed by atoms with van der Waals surface area (Å²) in [5.74, 6) is -0.377. The normalized spacial score (nSPS) is 13.8. The maximum Gasteiger partial charge on any atom is 0.338 e. The highest BCUT2D eigenvalue weighted by Gasteiger charge is 2.33. The SMILES string of the molecule is C=C(C)C(=O)Oc1ccc(-c2ccc(-c3ccc(OC(=O)CC)c4c3CCC4OC(=O)C(=C)C)c(C)c2)cc1. The zero-order valence-corrected chi connectivity index (χ0v) is 22.8. The van der Waals surface area contributed by atoms with Crippen LogP contribution in [0.2, 0.25) is 0 Å². The van der Waals surface area contributed by atoms with Crippen LogP contribution in [0.1, 0.15) is 56.4 Å². The number of ether oxygens (including phenoxy) is 3. The van der Waals surface area contributed by atoms with E-state index in [-0.39, 0.29) is 12.4 Å². The maximum atomic E-state index is 12.3. The van der Waals surface area contributed by atoms with Gasteiger partial charge in [-0.1, -0.05) is 56.5 Å². The Labute approximate surface area is 228 Å². The first-order valence-electron chi connectivity index (χ1n) is 12.9. The summed E-state index contributed by atoms with van der Waals surface area (Å²) in [6.45, 7) is 14.3. The van der Waals surface area contributed by atoms with Crippen LogP contribution in [-0.2, 0) is 25.5 Å². The highest BCUT2D eigenvalue weighted by molar-refractivity contribution is 5.89. The first kappa shape index (κ1) is 27.6. The third kappa shape index (κ3) is 6.01. The summed E-state index contributed by atoms with van der Waals surface area (Å²) in [6.07, 6.45) is 1.01. The summed E-state index contributed by atoms with van der Waals surface area (Å²) >= 11 is 0. The molecule has 0 bridgehead atoms. The van der Waals surface area contributed by atoms with Gasteiger partial charge in [-0.25, -0.2) is 9.59 Å². The van der Waals surface area contributed by atoms with E-state index in [1.807, 2.05) is 31.2 Å². The number of hydrogen-bond donors (Lipinski definition) is 0. The molecular weight excluding hydrogens is 492 g/mol. The van der Waals surface area contributed by atoms with Crippen LogP contribution in [-0.4, -0.2) is 17.9 Å². The van der Waals surface area contributed by atoms with Crippen molar-refractivity contribution >= 4 is 17.9 Å². The van der Waals surface area contributed by atoms with Crippen molar-refractivity contribution in [2.75, 3.05) is 0 Å². The molecule has 3 aromatic carbocycles. The van der Waals surface area contributed by atoms with Gasteiger partial charge in [0.05, 0.1) is 0 Å². The van der Waals surface area contributed by atoms with Crippen LogP contribution in [0.4, 0.5) is 0 Å². The molecule has 1 atom stereocenters. The zero-order valence-electron chi connectivity index (χ0n) is 22.8. The van der Waals surface area contributed by atoms with Crippen LogP contribution in [0, 0.1) is 6.92 Å². The van der Waals surface area contributed by atoms with Crippen molar-refractivity contribution in [2.24, 2.45) is 0 Å². The lowest BCUT2D eigenvalue weighted by Crippen LogP contribution is -2.13. The number of fused-ring (bicyclic) bond motifs is 1. The second kappa shape index (κ2) is 11.5. The summed E-state index contributed by atoms with van der Waals surface area (Å²) < 4.78 is 16.7. The molecule has 200 valence electrons. The van der Waals surface area contributed by atoms with Gasteiger partial charge in [-0.05, 0) is 85.2 Å². The van der Waals surface area contributed by atoms with Crippen LogP contribution in [0.3, 0.4) is 0 Å². The van der Waals surface area contributed by atoms with Gasteiger partial charge in [0.25, 0.3) is 0 Å². The second-order valence-electron chi connectivity index (χ2n) is 9.77. The van der Waals surface area contributed by atoms with Crippen LogP contribution in [0.25, 0.3) is 22.3 Å². The Morgan fingerprint density at radius 1 is 0.846 bits per heavy atom. The lowest BCUT2D eigenvalue weighted by Gasteiger charge is -2.19. The minimum Gasteiger partial charge on any atom is -0.454 e. The molecule has 1 aliphatic rings. The number of carbonyl (C=O) groups is 3. The molecule has 0 fully saturated rings. The van der Waals surface area contributed by atoms with E-state index in [4.69, 9.17) is 14.2 Å². The number of esters is 3. The predicted octanol–water partition coefficient (Wildman–Crippen LogP) is 7.23. The molecular formula is C33H32O6. The van der Waals surface area contributed by atoms with E-state index in [0.29, 0.717) is 35.5 Å². The van der Waals surface area contributed by atoms with Crippen molar-refractivity contribution in [1.82, 2.24) is 0 Å². The van der Waals surface area contributed by atoms with E-state index in [0.717, 1.165) is 38.9 Å². The molecule has 0 aromatic heterocycles. The van der Waals surface area contributed by atoms with Gasteiger partial charge < -0.3 is 14.2 Å². The monoisotopic (exact) mass is 524 g/mol. The van der Waals surface area contributed by atoms with Gasteiger partial charge >= 0.3 is 17.9 Å². The van der Waals surface area contributed by atoms with Gasteiger partial charge in [-0.15, -0.1) is 0 Å². The van der Waals surface area contributed by atoms with E-state index >= 15 is 0 Å². The standard InChI is InChI=1S/C33H32O6/c1-7-30(34)38-28-16-14-26(27-15-17-29(31(27)28)39-33(36)20(4)5)25-13-10-23(18-21(25)6)22-8-11-24(12-9-22)37-32(35)19(2)3/h8-14,16,18,29H,2,4,7,15,17H2,1,3,5-6H3. The van der Waals surface area contributed by atoms with Crippen molar-refractivity contribution in [3.63, 3.8) is 0 Å². The Balaban J connectivity index is 1.68. The van der Waals surface area contributed by atoms with Gasteiger partial charge in [0.15, 0.2) is 0 Å². The molecule has 39 heavy (non-hydrogen) atoms. The van der Waals surface area contributed by atoms with Gasteiger partial charge in [0.1, 0.15) is 17.6 Å². The van der Waals surface area contributed by atoms with E-state index in [2.05, 4.69) is 25.3 Å². The molecule has 1 aliphatic carbocycles. The van der Waals surface area contributed by atoms with Crippen LogP contribution >= 0.6 is 0 Å². The molecule has 0 saturated heterocycles. The number of carbonyl (C=O) groups excluding carboxylic acids is 3. The maximum absolute atomic E-state index is 12.3. The molecule has 3 aromatic rings. The Bertz CT molecular complexity index is 1480. The largest absolute Gasteiger partial charge is 0.454 e. The minimum atomic E-state index is -0.513. The van der Waals surface area contributed by atoms with Crippen molar-refractivity contribution < 1.29 is 28.6 Å². The molecule has 4 rings (SSSR count). The Hall–Kier alpha value is -4.45. The minimum absolute atomic E-state index is 0.241. The van der Waals surface area contributed by atoms with Crippen molar-refractivity contribution in [2.45, 2.75) is 53.1 Å². The van der Waals surface area contributed by atoms with Gasteiger partial charge in [0.2, 0.25) is 0 Å². The molecule has 6 nitrogen and oxygen atoms in total. The van der Waals surface area contributed by atoms with Gasteiger partial charge in [0, 0.05) is 23.1 Å². The fraction of sp³-hybridized carbons (Fsp3) is 0.242. The lowest BCUT2D eigenvalue weighted by molar-refractivity contribution is -0.144. The van der Waals surface area contributed by atoms with Crippen LogP contribution in [0.5, 0.6) is 11.5 Å². The highest BCUT2D eigenvalue weighted by Crippen LogP contribution is 2.46. The number of aryl methyl sites for hydroxylation is 1. The molecule has 1 unspecified atom stereocenters. The van der Waals surface area contributed by atoms with Gasteiger partial charge in [-0.2, -0.15) is 0 Å². The first-order valence-corrected chi connectivity index (χ1v) is 12.9. The first-order chi connectivity index (χ1) is 18.6. The Morgan fingerprint density at radius 2 is 1.49 bits per heavy atom. The Morgan fingerprint density at radius 3 is 2.10 bits per heavy atom. The molecule has 6 heteroatoms. The van der Waals surface area contributed by atoms with E-state index in [9.17, 15) is 14.4 Å². The molecule has 0 radical (unpaired) electrons. The predicted molar refractivity (Wildman–Crippen MR) is 150 cm³/mol. The van der Waals surface area contributed by atoms with E-state index in [1.165, 1.54) is 0 Å². The van der Waals surface area contributed by atoms with Crippen molar-refractivity contribution in [3.8, 4) is 33.8 Å². The number of hydrogen-bond acceptors (Lipinski definition) is 6. The lowest BCUT2D eigenvalue weighted by atomic mass is 9.91. The summed E-state index contributed by atoms with van der Waals surface area (Å²) in [7, 11) is 0. The second-order valence-corrected chi connectivity index (χ2v) is 9.77. The smallest absolute Gasteiger partial charge is 0.338 e. The zero-order chi connectivity index (χ0) is 28.3. The van der Waals surface area contributed by atoms with Crippen LogP contribution in [0.15, 0.2) is 78.9 Å². The molecule has 0 spiro atoms. The highest BCUT2D eigenvalue weighted by atomic mass is 16.6. The van der Waals surface area contributed by atoms with Gasteiger partial charge in [-0.3, -0.25) is 4.79 Å². The molecule has 0 heterocycles. The van der Waals surface area contributed by atoms with Crippen molar-refractivity contribution in [3.05, 3.63) is 95.6 Å². The summed E-state index contributed by atoms with van der Waals surface area (Å²) in [5.41, 5.74) is 7.54. The number of benzene rings is 3.